The number of aliphatic hydroxyl groups is 1. The van der Waals surface area contributed by atoms with E-state index in [0.717, 1.165) is 13.0 Å². The van der Waals surface area contributed by atoms with Gasteiger partial charge in [0.15, 0.2) is 0 Å². The lowest BCUT2D eigenvalue weighted by molar-refractivity contribution is -0.0215. The summed E-state index contributed by atoms with van der Waals surface area (Å²) in [5.41, 5.74) is -0.676. The summed E-state index contributed by atoms with van der Waals surface area (Å²) in [7, 11) is 0. The van der Waals surface area contributed by atoms with Gasteiger partial charge in [0.25, 0.3) is 0 Å². The van der Waals surface area contributed by atoms with Crippen molar-refractivity contribution in [2.24, 2.45) is 0 Å². The van der Waals surface area contributed by atoms with Gasteiger partial charge in [-0.3, -0.25) is 0 Å². The van der Waals surface area contributed by atoms with Crippen molar-refractivity contribution in [1.82, 2.24) is 0 Å². The molecule has 0 atom stereocenters. The van der Waals surface area contributed by atoms with Crippen LogP contribution in [0.4, 0.5) is 0 Å². The van der Waals surface area contributed by atoms with Crippen LogP contribution >= 0.6 is 0 Å². The molecule has 0 amide bonds. The van der Waals surface area contributed by atoms with Gasteiger partial charge in [0.1, 0.15) is 0 Å². The van der Waals surface area contributed by atoms with Gasteiger partial charge in [-0.05, 0) is 20.3 Å². The number of rotatable bonds is 7. The van der Waals surface area contributed by atoms with E-state index in [-0.39, 0.29) is 0 Å². The lowest BCUT2D eigenvalue weighted by atomic mass is 10.2. The highest BCUT2D eigenvalue weighted by atomic mass is 16.5. The predicted molar refractivity (Wildman–Crippen MR) is 51.3 cm³/mol. The number of ether oxygens (including phenoxy) is 1. The first-order valence-corrected chi connectivity index (χ1v) is 4.86. The fourth-order valence-corrected chi connectivity index (χ4v) is 0.953. The van der Waals surface area contributed by atoms with Crippen LogP contribution < -0.4 is 0 Å². The second-order valence-corrected chi connectivity index (χ2v) is 3.93. The van der Waals surface area contributed by atoms with Crippen LogP contribution in [0.3, 0.4) is 0 Å². The van der Waals surface area contributed by atoms with E-state index < -0.39 is 5.60 Å². The van der Waals surface area contributed by atoms with Gasteiger partial charge in [-0.1, -0.05) is 26.2 Å². The zero-order valence-corrected chi connectivity index (χ0v) is 8.60. The van der Waals surface area contributed by atoms with Crippen molar-refractivity contribution in [2.75, 3.05) is 13.2 Å². The minimum Gasteiger partial charge on any atom is -0.388 e. The number of hydrogen-bond donors (Lipinski definition) is 1. The maximum Gasteiger partial charge on any atom is 0.0824 e. The Morgan fingerprint density at radius 2 is 1.83 bits per heavy atom. The van der Waals surface area contributed by atoms with Gasteiger partial charge < -0.3 is 9.84 Å². The molecule has 0 fully saturated rings. The number of unbranched alkanes of at least 4 members (excludes halogenated alkanes) is 3. The van der Waals surface area contributed by atoms with Crippen molar-refractivity contribution in [2.45, 2.75) is 52.1 Å². The first-order chi connectivity index (χ1) is 5.56. The summed E-state index contributed by atoms with van der Waals surface area (Å²) in [6, 6.07) is 0. The first kappa shape index (κ1) is 11.9. The van der Waals surface area contributed by atoms with E-state index in [1.807, 2.05) is 0 Å². The molecule has 12 heavy (non-hydrogen) atoms. The molecular formula is C10H22O2. The van der Waals surface area contributed by atoms with E-state index in [9.17, 15) is 5.11 Å². The molecule has 74 valence electrons. The van der Waals surface area contributed by atoms with E-state index in [1.54, 1.807) is 13.8 Å². The molecule has 1 N–H and O–H groups in total. The molecule has 0 heterocycles. The van der Waals surface area contributed by atoms with Crippen LogP contribution in [0, 0.1) is 0 Å². The summed E-state index contributed by atoms with van der Waals surface area (Å²) in [4.78, 5) is 0. The summed E-state index contributed by atoms with van der Waals surface area (Å²) in [5, 5.41) is 9.30. The zero-order chi connectivity index (χ0) is 9.45. The third-order valence-electron chi connectivity index (χ3n) is 1.60. The molecule has 0 aliphatic carbocycles. The molecular weight excluding hydrogens is 152 g/mol. The Balaban J connectivity index is 3.01. The predicted octanol–water partition coefficient (Wildman–Crippen LogP) is 2.35. The fraction of sp³-hybridized carbons (Fsp3) is 1.00. The third-order valence-corrected chi connectivity index (χ3v) is 1.60. The first-order valence-electron chi connectivity index (χ1n) is 4.86. The topological polar surface area (TPSA) is 29.5 Å². The monoisotopic (exact) mass is 174 g/mol. The summed E-state index contributed by atoms with van der Waals surface area (Å²) in [6.07, 6.45) is 4.89. The molecule has 0 aliphatic heterocycles. The minimum absolute atomic E-state index is 0.444. The van der Waals surface area contributed by atoms with Crippen molar-refractivity contribution in [1.29, 1.82) is 0 Å². The van der Waals surface area contributed by atoms with E-state index in [2.05, 4.69) is 6.92 Å². The van der Waals surface area contributed by atoms with Gasteiger partial charge in [0.2, 0.25) is 0 Å². The average Bonchev–Trinajstić information content (AvgIpc) is 1.94. The van der Waals surface area contributed by atoms with Crippen molar-refractivity contribution in [3.05, 3.63) is 0 Å². The van der Waals surface area contributed by atoms with Crippen LogP contribution in [-0.4, -0.2) is 23.9 Å². The van der Waals surface area contributed by atoms with Crippen LogP contribution in [0.2, 0.25) is 0 Å². The summed E-state index contributed by atoms with van der Waals surface area (Å²) >= 11 is 0. The highest BCUT2D eigenvalue weighted by Gasteiger charge is 2.11. The molecule has 2 nitrogen and oxygen atoms in total. The van der Waals surface area contributed by atoms with E-state index in [1.165, 1.54) is 19.3 Å². The Morgan fingerprint density at radius 1 is 1.17 bits per heavy atom. The van der Waals surface area contributed by atoms with Gasteiger partial charge >= 0.3 is 0 Å². The van der Waals surface area contributed by atoms with Crippen LogP contribution in [0.15, 0.2) is 0 Å². The molecule has 0 spiro atoms. The van der Waals surface area contributed by atoms with Gasteiger partial charge in [-0.25, -0.2) is 0 Å². The van der Waals surface area contributed by atoms with Crippen molar-refractivity contribution < 1.29 is 9.84 Å². The molecule has 0 aromatic rings. The van der Waals surface area contributed by atoms with Crippen molar-refractivity contribution >= 4 is 0 Å². The Bertz CT molecular complexity index is 94.5. The molecule has 0 unspecified atom stereocenters. The van der Waals surface area contributed by atoms with Crippen LogP contribution in [0.1, 0.15) is 46.5 Å². The van der Waals surface area contributed by atoms with Gasteiger partial charge in [0, 0.05) is 6.61 Å². The Hall–Kier alpha value is -0.0800. The minimum atomic E-state index is -0.676. The van der Waals surface area contributed by atoms with E-state index in [4.69, 9.17) is 4.74 Å². The van der Waals surface area contributed by atoms with Gasteiger partial charge in [-0.2, -0.15) is 0 Å². The molecule has 0 aliphatic rings. The lowest BCUT2D eigenvalue weighted by Gasteiger charge is -2.16. The molecule has 2 heteroatoms. The highest BCUT2D eigenvalue weighted by Crippen LogP contribution is 2.03. The Morgan fingerprint density at radius 3 is 2.33 bits per heavy atom. The maximum atomic E-state index is 9.30. The SMILES string of the molecule is CCCCCCOCC(C)(C)O. The fourth-order valence-electron chi connectivity index (χ4n) is 0.953. The van der Waals surface area contributed by atoms with Crippen LogP contribution in [-0.2, 0) is 4.74 Å². The largest absolute Gasteiger partial charge is 0.388 e. The molecule has 0 rings (SSSR count). The zero-order valence-electron chi connectivity index (χ0n) is 8.60. The molecule has 0 aromatic heterocycles. The highest BCUT2D eigenvalue weighted by molar-refractivity contribution is 4.62. The van der Waals surface area contributed by atoms with E-state index >= 15 is 0 Å². The van der Waals surface area contributed by atoms with Crippen molar-refractivity contribution in [3.8, 4) is 0 Å². The lowest BCUT2D eigenvalue weighted by Crippen LogP contribution is -2.26. The standard InChI is InChI=1S/C10H22O2/c1-4-5-6-7-8-12-9-10(2,3)11/h11H,4-9H2,1-3H3. The van der Waals surface area contributed by atoms with Crippen molar-refractivity contribution in [3.63, 3.8) is 0 Å². The second-order valence-electron chi connectivity index (χ2n) is 3.93. The normalized spacial score (nSPS) is 12.0. The van der Waals surface area contributed by atoms with E-state index in [0.29, 0.717) is 6.61 Å². The quantitative estimate of drug-likeness (QED) is 0.600. The van der Waals surface area contributed by atoms with Gasteiger partial charge in [-0.15, -0.1) is 0 Å². The number of hydrogen-bond acceptors (Lipinski definition) is 2. The Labute approximate surface area is 75.9 Å². The summed E-state index contributed by atoms with van der Waals surface area (Å²) in [5.74, 6) is 0. The second kappa shape index (κ2) is 6.44. The summed E-state index contributed by atoms with van der Waals surface area (Å²) < 4.78 is 5.29. The molecule has 0 aromatic carbocycles. The summed E-state index contributed by atoms with van der Waals surface area (Å²) in [6.45, 7) is 6.94. The van der Waals surface area contributed by atoms with Crippen LogP contribution in [0.25, 0.3) is 0 Å². The average molecular weight is 174 g/mol. The van der Waals surface area contributed by atoms with Crippen LogP contribution in [0.5, 0.6) is 0 Å². The Kier molecular flexibility index (Phi) is 6.39. The smallest absolute Gasteiger partial charge is 0.0824 e. The molecule has 0 saturated carbocycles. The molecule has 0 saturated heterocycles. The molecule has 0 radical (unpaired) electrons. The van der Waals surface area contributed by atoms with Gasteiger partial charge in [0.05, 0.1) is 12.2 Å². The third kappa shape index (κ3) is 9.92. The maximum absolute atomic E-state index is 9.30. The molecule has 0 bridgehead atoms.